The number of rotatable bonds is 5. The molecule has 3 rings (SSSR count). The standard InChI is InChI=1S/C20H16FNO5/c1-11-8-19(24)27-17-9-14(6-7-15(11)17)22-18(23)10-16(20(25)26)12-2-4-13(21)5-3-12/h2-9,16H,10H2,1H3,(H,22,23)(H,25,26)/t16-/m1/s1. The highest BCUT2D eigenvalue weighted by Crippen LogP contribution is 2.23. The Morgan fingerprint density at radius 1 is 1.15 bits per heavy atom. The highest BCUT2D eigenvalue weighted by molar-refractivity contribution is 5.96. The number of benzene rings is 2. The van der Waals surface area contributed by atoms with E-state index in [1.165, 1.54) is 24.3 Å². The Hall–Kier alpha value is -3.48. The van der Waals surface area contributed by atoms with Crippen molar-refractivity contribution in [2.75, 3.05) is 5.32 Å². The van der Waals surface area contributed by atoms with Crippen LogP contribution < -0.4 is 10.9 Å². The molecule has 0 spiro atoms. The molecule has 0 bridgehead atoms. The van der Waals surface area contributed by atoms with Gasteiger partial charge in [-0.05, 0) is 42.3 Å². The summed E-state index contributed by atoms with van der Waals surface area (Å²) in [6.45, 7) is 1.78. The number of halogens is 1. The van der Waals surface area contributed by atoms with Crippen molar-refractivity contribution in [1.82, 2.24) is 0 Å². The Morgan fingerprint density at radius 2 is 1.85 bits per heavy atom. The summed E-state index contributed by atoms with van der Waals surface area (Å²) in [5.41, 5.74) is 1.29. The smallest absolute Gasteiger partial charge is 0.336 e. The zero-order chi connectivity index (χ0) is 19.6. The minimum Gasteiger partial charge on any atom is -0.481 e. The van der Waals surface area contributed by atoms with Gasteiger partial charge in [0.05, 0.1) is 5.92 Å². The van der Waals surface area contributed by atoms with Gasteiger partial charge < -0.3 is 14.8 Å². The van der Waals surface area contributed by atoms with E-state index in [0.717, 1.165) is 23.1 Å². The van der Waals surface area contributed by atoms with E-state index in [2.05, 4.69) is 5.32 Å². The van der Waals surface area contributed by atoms with Crippen molar-refractivity contribution in [2.24, 2.45) is 0 Å². The number of carbonyl (C=O) groups excluding carboxylic acids is 1. The summed E-state index contributed by atoms with van der Waals surface area (Å²) in [6, 6.07) is 11.2. The van der Waals surface area contributed by atoms with E-state index in [1.54, 1.807) is 19.1 Å². The van der Waals surface area contributed by atoms with E-state index >= 15 is 0 Å². The van der Waals surface area contributed by atoms with Gasteiger partial charge >= 0.3 is 11.6 Å². The Balaban J connectivity index is 1.79. The summed E-state index contributed by atoms with van der Waals surface area (Å²) < 4.78 is 18.2. The molecule has 2 N–H and O–H groups in total. The fourth-order valence-electron chi connectivity index (χ4n) is 2.84. The third-order valence-corrected chi connectivity index (χ3v) is 4.20. The molecule has 1 amide bonds. The molecular formula is C20H16FNO5. The zero-order valence-corrected chi connectivity index (χ0v) is 14.4. The maximum Gasteiger partial charge on any atom is 0.336 e. The number of fused-ring (bicyclic) bond motifs is 1. The van der Waals surface area contributed by atoms with Crippen LogP contribution >= 0.6 is 0 Å². The van der Waals surface area contributed by atoms with E-state index in [4.69, 9.17) is 4.42 Å². The first kappa shape index (κ1) is 18.3. The van der Waals surface area contributed by atoms with Gasteiger partial charge in [0.15, 0.2) is 0 Å². The van der Waals surface area contributed by atoms with E-state index in [-0.39, 0.29) is 6.42 Å². The van der Waals surface area contributed by atoms with E-state index in [0.29, 0.717) is 16.8 Å². The molecule has 0 saturated carbocycles. The Morgan fingerprint density at radius 3 is 2.52 bits per heavy atom. The monoisotopic (exact) mass is 369 g/mol. The molecule has 138 valence electrons. The average Bonchev–Trinajstić information content (AvgIpc) is 2.60. The molecule has 0 aliphatic carbocycles. The second kappa shape index (κ2) is 7.41. The first-order chi connectivity index (χ1) is 12.8. The number of carboxylic acids is 1. The summed E-state index contributed by atoms with van der Waals surface area (Å²) in [6.07, 6.45) is -0.323. The van der Waals surface area contributed by atoms with Crippen LogP contribution in [0.25, 0.3) is 11.0 Å². The van der Waals surface area contributed by atoms with Crippen molar-refractivity contribution in [1.29, 1.82) is 0 Å². The number of amides is 1. The van der Waals surface area contributed by atoms with Gasteiger partial charge in [0.25, 0.3) is 0 Å². The molecule has 0 unspecified atom stereocenters. The molecule has 3 aromatic rings. The number of nitrogens with one attached hydrogen (secondary N) is 1. The van der Waals surface area contributed by atoms with Crippen LogP contribution in [0.3, 0.4) is 0 Å². The van der Waals surface area contributed by atoms with Crippen molar-refractivity contribution >= 4 is 28.5 Å². The van der Waals surface area contributed by atoms with Gasteiger partial charge in [-0.2, -0.15) is 0 Å². The third-order valence-electron chi connectivity index (χ3n) is 4.20. The maximum atomic E-state index is 13.0. The van der Waals surface area contributed by atoms with Crippen LogP contribution in [0.1, 0.15) is 23.5 Å². The van der Waals surface area contributed by atoms with Gasteiger partial charge in [0, 0.05) is 29.6 Å². The molecule has 1 aromatic heterocycles. The Labute approximate surface area is 153 Å². The number of hydrogen-bond acceptors (Lipinski definition) is 4. The van der Waals surface area contributed by atoms with Crippen LogP contribution in [-0.4, -0.2) is 17.0 Å². The molecule has 0 aliphatic rings. The van der Waals surface area contributed by atoms with Gasteiger partial charge in [-0.25, -0.2) is 9.18 Å². The van der Waals surface area contributed by atoms with Crippen molar-refractivity contribution in [3.05, 3.63) is 75.9 Å². The predicted octanol–water partition coefficient (Wildman–Crippen LogP) is 3.44. The van der Waals surface area contributed by atoms with Crippen LogP contribution in [0.4, 0.5) is 10.1 Å². The highest BCUT2D eigenvalue weighted by Gasteiger charge is 2.23. The van der Waals surface area contributed by atoms with Gasteiger partial charge in [-0.3, -0.25) is 9.59 Å². The van der Waals surface area contributed by atoms with Crippen LogP contribution in [-0.2, 0) is 9.59 Å². The lowest BCUT2D eigenvalue weighted by Gasteiger charge is -2.13. The topological polar surface area (TPSA) is 96.6 Å². The SMILES string of the molecule is Cc1cc(=O)oc2cc(NC(=O)C[C@@H](C(=O)O)c3ccc(F)cc3)ccc12. The molecule has 0 aliphatic heterocycles. The van der Waals surface area contributed by atoms with Gasteiger partial charge in [-0.15, -0.1) is 0 Å². The Kier molecular flexibility index (Phi) is 5.03. The number of carbonyl (C=O) groups is 2. The lowest BCUT2D eigenvalue weighted by molar-refractivity contribution is -0.140. The second-order valence-corrected chi connectivity index (χ2v) is 6.15. The summed E-state index contributed by atoms with van der Waals surface area (Å²) in [4.78, 5) is 35.3. The second-order valence-electron chi connectivity index (χ2n) is 6.15. The molecule has 6 nitrogen and oxygen atoms in total. The van der Waals surface area contributed by atoms with Gasteiger partial charge in [0.2, 0.25) is 5.91 Å². The van der Waals surface area contributed by atoms with Crippen LogP contribution in [0.2, 0.25) is 0 Å². The first-order valence-corrected chi connectivity index (χ1v) is 8.16. The minimum absolute atomic E-state index is 0.323. The van der Waals surface area contributed by atoms with E-state index < -0.39 is 29.2 Å². The number of anilines is 1. The molecule has 0 saturated heterocycles. The van der Waals surface area contributed by atoms with Gasteiger partial charge in [-0.1, -0.05) is 12.1 Å². The summed E-state index contributed by atoms with van der Waals surface area (Å²) >= 11 is 0. The number of aliphatic carboxylic acids is 1. The molecule has 7 heteroatoms. The highest BCUT2D eigenvalue weighted by atomic mass is 19.1. The molecule has 0 fully saturated rings. The van der Waals surface area contributed by atoms with Crippen LogP contribution in [0.5, 0.6) is 0 Å². The molecule has 27 heavy (non-hydrogen) atoms. The molecular weight excluding hydrogens is 353 g/mol. The fourth-order valence-corrected chi connectivity index (χ4v) is 2.84. The Bertz CT molecular complexity index is 1070. The molecule has 2 aromatic carbocycles. The molecule has 1 atom stereocenters. The fraction of sp³-hybridized carbons (Fsp3) is 0.150. The predicted molar refractivity (Wildman–Crippen MR) is 97.2 cm³/mol. The zero-order valence-electron chi connectivity index (χ0n) is 14.4. The van der Waals surface area contributed by atoms with Crippen molar-refractivity contribution in [2.45, 2.75) is 19.3 Å². The van der Waals surface area contributed by atoms with E-state index in [9.17, 15) is 23.9 Å². The summed E-state index contributed by atoms with van der Waals surface area (Å²) in [7, 11) is 0. The quantitative estimate of drug-likeness (QED) is 0.672. The summed E-state index contributed by atoms with van der Waals surface area (Å²) in [5, 5.41) is 12.7. The van der Waals surface area contributed by atoms with Crippen LogP contribution in [0, 0.1) is 12.7 Å². The molecule has 1 heterocycles. The van der Waals surface area contributed by atoms with Crippen LogP contribution in [0.15, 0.2) is 57.7 Å². The van der Waals surface area contributed by atoms with Gasteiger partial charge in [0.1, 0.15) is 11.4 Å². The van der Waals surface area contributed by atoms with Crippen molar-refractivity contribution in [3.63, 3.8) is 0 Å². The lowest BCUT2D eigenvalue weighted by Crippen LogP contribution is -2.21. The van der Waals surface area contributed by atoms with Crippen molar-refractivity contribution < 1.29 is 23.5 Å². The lowest BCUT2D eigenvalue weighted by atomic mass is 9.95. The number of carboxylic acid groups (broad SMARTS) is 1. The van der Waals surface area contributed by atoms with Crippen molar-refractivity contribution in [3.8, 4) is 0 Å². The molecule has 0 radical (unpaired) electrons. The van der Waals surface area contributed by atoms with E-state index in [1.807, 2.05) is 0 Å². The number of aryl methyl sites for hydroxylation is 1. The summed E-state index contributed by atoms with van der Waals surface area (Å²) in [5.74, 6) is -3.30. The first-order valence-electron chi connectivity index (χ1n) is 8.16. The minimum atomic E-state index is -1.18. The number of hydrogen-bond donors (Lipinski definition) is 2. The normalized spacial score (nSPS) is 11.9. The maximum absolute atomic E-state index is 13.0. The largest absolute Gasteiger partial charge is 0.481 e. The average molecular weight is 369 g/mol. The third kappa shape index (κ3) is 4.20.